The van der Waals surface area contributed by atoms with Crippen molar-refractivity contribution < 1.29 is 14.3 Å². The summed E-state index contributed by atoms with van der Waals surface area (Å²) in [6.07, 6.45) is 5.94. The first-order valence-electron chi connectivity index (χ1n) is 6.13. The topological polar surface area (TPSA) is 59.6 Å². The van der Waals surface area contributed by atoms with Crippen LogP contribution in [0.5, 0.6) is 11.5 Å². The van der Waals surface area contributed by atoms with E-state index in [-0.39, 0.29) is 12.5 Å². The number of ether oxygens (including phenoxy) is 2. The maximum absolute atomic E-state index is 11.6. The van der Waals surface area contributed by atoms with Gasteiger partial charge in [0.15, 0.2) is 11.5 Å². The van der Waals surface area contributed by atoms with Gasteiger partial charge in [0.2, 0.25) is 5.91 Å². The molecular weight excluding hydrogens is 244 g/mol. The monoisotopic (exact) mass is 260 g/mol. The fraction of sp³-hybridized carbons (Fsp3) is 0.357. The molecule has 0 saturated heterocycles. The maximum atomic E-state index is 11.6. The summed E-state index contributed by atoms with van der Waals surface area (Å²) in [4.78, 5) is 11.6. The van der Waals surface area contributed by atoms with Crippen LogP contribution in [0.4, 0.5) is 5.69 Å². The Kier molecular flexibility index (Phi) is 4.65. The van der Waals surface area contributed by atoms with Gasteiger partial charge in [-0.15, -0.1) is 6.42 Å². The Balaban J connectivity index is 1.96. The Labute approximate surface area is 112 Å². The van der Waals surface area contributed by atoms with E-state index in [1.54, 1.807) is 18.2 Å². The molecule has 1 aliphatic heterocycles. The Hall–Kier alpha value is -2.19. The maximum Gasteiger partial charge on any atom is 0.238 e. The van der Waals surface area contributed by atoms with Gasteiger partial charge < -0.3 is 14.8 Å². The van der Waals surface area contributed by atoms with Gasteiger partial charge in [-0.2, -0.15) is 0 Å². The summed E-state index contributed by atoms with van der Waals surface area (Å²) in [6, 6.07) is 5.34. The van der Waals surface area contributed by atoms with Crippen molar-refractivity contribution in [2.24, 2.45) is 0 Å². The SMILES string of the molecule is C#CCNCC(=O)Nc1ccc2c(c1)OCCCO2. The van der Waals surface area contributed by atoms with Crippen LogP contribution in [0, 0.1) is 12.3 Å². The molecule has 0 aliphatic carbocycles. The lowest BCUT2D eigenvalue weighted by Gasteiger charge is -2.10. The first-order valence-corrected chi connectivity index (χ1v) is 6.13. The number of anilines is 1. The van der Waals surface area contributed by atoms with Crippen molar-refractivity contribution in [3.63, 3.8) is 0 Å². The Bertz CT molecular complexity index is 494. The first kappa shape index (κ1) is 13.2. The molecule has 0 fully saturated rings. The molecule has 0 saturated carbocycles. The molecular formula is C14H16N2O3. The number of rotatable bonds is 4. The van der Waals surface area contributed by atoms with E-state index in [4.69, 9.17) is 15.9 Å². The van der Waals surface area contributed by atoms with Gasteiger partial charge in [0.05, 0.1) is 26.3 Å². The summed E-state index contributed by atoms with van der Waals surface area (Å²) < 4.78 is 11.1. The summed E-state index contributed by atoms with van der Waals surface area (Å²) in [6.45, 7) is 1.82. The molecule has 1 heterocycles. The highest BCUT2D eigenvalue weighted by Crippen LogP contribution is 2.32. The number of carbonyl (C=O) groups is 1. The minimum Gasteiger partial charge on any atom is -0.490 e. The predicted octanol–water partition coefficient (Wildman–Crippen LogP) is 1.01. The molecule has 0 spiro atoms. The second-order valence-electron chi connectivity index (χ2n) is 4.07. The second-order valence-corrected chi connectivity index (χ2v) is 4.07. The number of nitrogens with one attached hydrogen (secondary N) is 2. The average molecular weight is 260 g/mol. The fourth-order valence-electron chi connectivity index (χ4n) is 1.69. The van der Waals surface area contributed by atoms with E-state index in [9.17, 15) is 4.79 Å². The second kappa shape index (κ2) is 6.66. The van der Waals surface area contributed by atoms with Crippen molar-refractivity contribution >= 4 is 11.6 Å². The van der Waals surface area contributed by atoms with Crippen molar-refractivity contribution in [2.45, 2.75) is 6.42 Å². The van der Waals surface area contributed by atoms with Crippen molar-refractivity contribution in [3.8, 4) is 23.8 Å². The van der Waals surface area contributed by atoms with Gasteiger partial charge >= 0.3 is 0 Å². The van der Waals surface area contributed by atoms with Crippen LogP contribution in [0.3, 0.4) is 0 Å². The highest BCUT2D eigenvalue weighted by atomic mass is 16.5. The number of benzene rings is 1. The van der Waals surface area contributed by atoms with E-state index in [0.717, 1.165) is 6.42 Å². The molecule has 1 aromatic rings. The molecule has 1 amide bonds. The quantitative estimate of drug-likeness (QED) is 0.626. The summed E-state index contributed by atoms with van der Waals surface area (Å²) in [5, 5.41) is 5.59. The normalized spacial score (nSPS) is 13.2. The lowest BCUT2D eigenvalue weighted by atomic mass is 10.2. The number of fused-ring (bicyclic) bond motifs is 1. The van der Waals surface area contributed by atoms with Crippen LogP contribution in [0.15, 0.2) is 18.2 Å². The van der Waals surface area contributed by atoms with Crippen molar-refractivity contribution in [1.82, 2.24) is 5.32 Å². The van der Waals surface area contributed by atoms with Crippen LogP contribution in [0.25, 0.3) is 0 Å². The molecule has 0 unspecified atom stereocenters. The molecule has 5 nitrogen and oxygen atoms in total. The average Bonchev–Trinajstić information content (AvgIpc) is 2.63. The number of terminal acetylenes is 1. The lowest BCUT2D eigenvalue weighted by molar-refractivity contribution is -0.115. The molecule has 1 aliphatic rings. The van der Waals surface area contributed by atoms with Crippen molar-refractivity contribution in [3.05, 3.63) is 18.2 Å². The van der Waals surface area contributed by atoms with Crippen LogP contribution in [0.1, 0.15) is 6.42 Å². The number of amides is 1. The summed E-state index contributed by atoms with van der Waals surface area (Å²) in [7, 11) is 0. The molecule has 2 N–H and O–H groups in total. The standard InChI is InChI=1S/C14H16N2O3/c1-2-6-15-10-14(17)16-11-4-5-12-13(9-11)19-8-3-7-18-12/h1,4-5,9,15H,3,6-8,10H2,(H,16,17). The van der Waals surface area contributed by atoms with Crippen LogP contribution in [-0.2, 0) is 4.79 Å². The minimum absolute atomic E-state index is 0.148. The number of carbonyl (C=O) groups excluding carboxylic acids is 1. The smallest absolute Gasteiger partial charge is 0.238 e. The molecule has 0 atom stereocenters. The van der Waals surface area contributed by atoms with Crippen LogP contribution < -0.4 is 20.1 Å². The molecule has 0 radical (unpaired) electrons. The zero-order valence-electron chi connectivity index (χ0n) is 10.6. The van der Waals surface area contributed by atoms with Crippen molar-refractivity contribution in [2.75, 3.05) is 31.6 Å². The van der Waals surface area contributed by atoms with Crippen LogP contribution >= 0.6 is 0 Å². The third-order valence-corrected chi connectivity index (χ3v) is 2.54. The molecule has 0 aromatic heterocycles. The van der Waals surface area contributed by atoms with E-state index in [2.05, 4.69) is 16.6 Å². The molecule has 5 heteroatoms. The van der Waals surface area contributed by atoms with Gasteiger partial charge in [-0.1, -0.05) is 5.92 Å². The Morgan fingerprint density at radius 3 is 2.89 bits per heavy atom. The number of hydrogen-bond donors (Lipinski definition) is 2. The van der Waals surface area contributed by atoms with E-state index in [1.807, 2.05) is 0 Å². The zero-order valence-corrected chi connectivity index (χ0v) is 10.6. The molecule has 1 aromatic carbocycles. The fourth-order valence-corrected chi connectivity index (χ4v) is 1.69. The van der Waals surface area contributed by atoms with Crippen LogP contribution in [-0.4, -0.2) is 32.2 Å². The van der Waals surface area contributed by atoms with Gasteiger partial charge in [-0.3, -0.25) is 10.1 Å². The minimum atomic E-state index is -0.148. The summed E-state index contributed by atoms with van der Waals surface area (Å²) in [5.41, 5.74) is 0.678. The van der Waals surface area contributed by atoms with Gasteiger partial charge in [0, 0.05) is 18.2 Å². The van der Waals surface area contributed by atoms with E-state index < -0.39 is 0 Å². The lowest BCUT2D eigenvalue weighted by Crippen LogP contribution is -2.28. The van der Waals surface area contributed by atoms with E-state index in [1.165, 1.54) is 0 Å². The van der Waals surface area contributed by atoms with Gasteiger partial charge in [0.1, 0.15) is 0 Å². The largest absolute Gasteiger partial charge is 0.490 e. The zero-order chi connectivity index (χ0) is 13.5. The first-order chi connectivity index (χ1) is 9.29. The third kappa shape index (κ3) is 3.90. The van der Waals surface area contributed by atoms with Gasteiger partial charge in [-0.25, -0.2) is 0 Å². The molecule has 100 valence electrons. The molecule has 0 bridgehead atoms. The number of hydrogen-bond acceptors (Lipinski definition) is 4. The van der Waals surface area contributed by atoms with E-state index in [0.29, 0.717) is 36.9 Å². The Morgan fingerprint density at radius 1 is 1.32 bits per heavy atom. The van der Waals surface area contributed by atoms with E-state index >= 15 is 0 Å². The third-order valence-electron chi connectivity index (χ3n) is 2.54. The van der Waals surface area contributed by atoms with Gasteiger partial charge in [-0.05, 0) is 12.1 Å². The molecule has 19 heavy (non-hydrogen) atoms. The van der Waals surface area contributed by atoms with Gasteiger partial charge in [0.25, 0.3) is 0 Å². The highest BCUT2D eigenvalue weighted by molar-refractivity contribution is 5.92. The Morgan fingerprint density at radius 2 is 2.11 bits per heavy atom. The predicted molar refractivity (Wildman–Crippen MR) is 72.4 cm³/mol. The summed E-state index contributed by atoms with van der Waals surface area (Å²) >= 11 is 0. The highest BCUT2D eigenvalue weighted by Gasteiger charge is 2.11. The van der Waals surface area contributed by atoms with Crippen LogP contribution in [0.2, 0.25) is 0 Å². The summed E-state index contributed by atoms with van der Waals surface area (Å²) in [5.74, 6) is 3.63. The molecule has 2 rings (SSSR count). The van der Waals surface area contributed by atoms with Crippen molar-refractivity contribution in [1.29, 1.82) is 0 Å².